The highest BCUT2D eigenvalue weighted by atomic mass is 16.3. The summed E-state index contributed by atoms with van der Waals surface area (Å²) in [5, 5.41) is 2.78. The van der Waals surface area contributed by atoms with Gasteiger partial charge in [0.25, 0.3) is 5.91 Å². The summed E-state index contributed by atoms with van der Waals surface area (Å²) in [5.74, 6) is 0.482. The summed E-state index contributed by atoms with van der Waals surface area (Å²) in [7, 11) is 0. The molecule has 2 rings (SSSR count). The number of amides is 1. The molecule has 3 N–H and O–H groups in total. The molecule has 1 aromatic carbocycles. The van der Waals surface area contributed by atoms with Crippen LogP contribution in [0, 0.1) is 13.8 Å². The Balaban J connectivity index is 2.24. The van der Waals surface area contributed by atoms with Gasteiger partial charge in [-0.3, -0.25) is 4.79 Å². The molecular formula is C13H14N2O2. The molecule has 17 heavy (non-hydrogen) atoms. The lowest BCUT2D eigenvalue weighted by molar-refractivity contribution is 0.102. The predicted octanol–water partition coefficient (Wildman–Crippen LogP) is 2.73. The van der Waals surface area contributed by atoms with Gasteiger partial charge in [0, 0.05) is 0 Å². The molecule has 0 aliphatic rings. The fourth-order valence-corrected chi connectivity index (χ4v) is 1.61. The zero-order chi connectivity index (χ0) is 12.4. The number of para-hydroxylation sites is 1. The predicted molar refractivity (Wildman–Crippen MR) is 67.0 cm³/mol. The van der Waals surface area contributed by atoms with E-state index in [9.17, 15) is 4.79 Å². The number of carbonyl (C=O) groups excluding carboxylic acids is 1. The SMILES string of the molecule is Cc1cc(C(=O)Nc2c(C)cccc2N)co1. The van der Waals surface area contributed by atoms with Crippen LogP contribution in [0.5, 0.6) is 0 Å². The average Bonchev–Trinajstić information content (AvgIpc) is 2.70. The number of benzene rings is 1. The Kier molecular flexibility index (Phi) is 2.87. The molecule has 88 valence electrons. The van der Waals surface area contributed by atoms with E-state index in [2.05, 4.69) is 5.32 Å². The fraction of sp³-hybridized carbons (Fsp3) is 0.154. The lowest BCUT2D eigenvalue weighted by Crippen LogP contribution is -2.13. The molecule has 0 bridgehead atoms. The first-order valence-electron chi connectivity index (χ1n) is 5.29. The summed E-state index contributed by atoms with van der Waals surface area (Å²) in [5.41, 5.74) is 8.44. The van der Waals surface area contributed by atoms with Crippen LogP contribution < -0.4 is 11.1 Å². The molecular weight excluding hydrogens is 216 g/mol. The Bertz CT molecular complexity index is 538. The van der Waals surface area contributed by atoms with Gasteiger partial charge in [0.1, 0.15) is 12.0 Å². The minimum Gasteiger partial charge on any atom is -0.469 e. The summed E-state index contributed by atoms with van der Waals surface area (Å²) in [6, 6.07) is 7.18. The Morgan fingerprint density at radius 3 is 2.71 bits per heavy atom. The van der Waals surface area contributed by atoms with E-state index < -0.39 is 0 Å². The van der Waals surface area contributed by atoms with Gasteiger partial charge in [0.2, 0.25) is 0 Å². The van der Waals surface area contributed by atoms with Gasteiger partial charge in [0.05, 0.1) is 16.9 Å². The molecule has 0 aliphatic carbocycles. The van der Waals surface area contributed by atoms with E-state index in [0.29, 0.717) is 22.7 Å². The van der Waals surface area contributed by atoms with E-state index in [-0.39, 0.29) is 5.91 Å². The van der Waals surface area contributed by atoms with Gasteiger partial charge in [-0.15, -0.1) is 0 Å². The van der Waals surface area contributed by atoms with Crippen LogP contribution >= 0.6 is 0 Å². The largest absolute Gasteiger partial charge is 0.469 e. The molecule has 2 aromatic rings. The van der Waals surface area contributed by atoms with Crippen molar-refractivity contribution in [2.75, 3.05) is 11.1 Å². The second-order valence-electron chi connectivity index (χ2n) is 3.94. The molecule has 1 heterocycles. The van der Waals surface area contributed by atoms with Crippen LogP contribution in [-0.4, -0.2) is 5.91 Å². The lowest BCUT2D eigenvalue weighted by Gasteiger charge is -2.09. The molecule has 1 aromatic heterocycles. The second kappa shape index (κ2) is 4.33. The first-order valence-corrected chi connectivity index (χ1v) is 5.29. The molecule has 0 spiro atoms. The summed E-state index contributed by atoms with van der Waals surface area (Å²) < 4.78 is 5.09. The molecule has 0 atom stereocenters. The van der Waals surface area contributed by atoms with Crippen LogP contribution in [0.1, 0.15) is 21.7 Å². The number of hydrogen-bond donors (Lipinski definition) is 2. The quantitative estimate of drug-likeness (QED) is 0.779. The lowest BCUT2D eigenvalue weighted by atomic mass is 10.1. The fourth-order valence-electron chi connectivity index (χ4n) is 1.61. The van der Waals surface area contributed by atoms with Crippen LogP contribution in [0.2, 0.25) is 0 Å². The highest BCUT2D eigenvalue weighted by Crippen LogP contribution is 2.23. The maximum atomic E-state index is 11.9. The van der Waals surface area contributed by atoms with Gasteiger partial charge in [-0.25, -0.2) is 0 Å². The maximum Gasteiger partial charge on any atom is 0.258 e. The van der Waals surface area contributed by atoms with Crippen molar-refractivity contribution in [2.45, 2.75) is 13.8 Å². The first-order chi connectivity index (χ1) is 8.08. The third-order valence-corrected chi connectivity index (χ3v) is 2.54. The van der Waals surface area contributed by atoms with Crippen LogP contribution in [0.3, 0.4) is 0 Å². The number of carbonyl (C=O) groups is 1. The van der Waals surface area contributed by atoms with Gasteiger partial charge in [0.15, 0.2) is 0 Å². The molecule has 4 nitrogen and oxygen atoms in total. The summed E-state index contributed by atoms with van der Waals surface area (Å²) in [4.78, 5) is 11.9. The number of nitrogens with two attached hydrogens (primary N) is 1. The summed E-state index contributed by atoms with van der Waals surface area (Å²) in [6.45, 7) is 3.69. The first kappa shape index (κ1) is 11.3. The van der Waals surface area contributed by atoms with Gasteiger partial charge in [-0.1, -0.05) is 12.1 Å². The van der Waals surface area contributed by atoms with Crippen LogP contribution in [0.25, 0.3) is 0 Å². The van der Waals surface area contributed by atoms with Gasteiger partial charge < -0.3 is 15.5 Å². The number of nitrogen functional groups attached to an aromatic ring is 1. The minimum atomic E-state index is -0.220. The standard InChI is InChI=1S/C13H14N2O2/c1-8-4-3-5-11(14)12(8)15-13(16)10-6-9(2)17-7-10/h3-7H,14H2,1-2H3,(H,15,16). The summed E-state index contributed by atoms with van der Waals surface area (Å²) >= 11 is 0. The summed E-state index contributed by atoms with van der Waals surface area (Å²) in [6.07, 6.45) is 1.43. The highest BCUT2D eigenvalue weighted by Gasteiger charge is 2.11. The van der Waals surface area contributed by atoms with E-state index in [1.165, 1.54) is 6.26 Å². The van der Waals surface area contributed by atoms with Crippen molar-refractivity contribution in [3.63, 3.8) is 0 Å². The molecule has 0 fully saturated rings. The maximum absolute atomic E-state index is 11.9. The van der Waals surface area contributed by atoms with Crippen molar-refractivity contribution in [3.8, 4) is 0 Å². The van der Waals surface area contributed by atoms with Crippen LogP contribution in [0.4, 0.5) is 11.4 Å². The topological polar surface area (TPSA) is 68.3 Å². The van der Waals surface area contributed by atoms with Crippen molar-refractivity contribution in [2.24, 2.45) is 0 Å². The Morgan fingerprint density at radius 1 is 1.35 bits per heavy atom. The van der Waals surface area contributed by atoms with E-state index in [1.807, 2.05) is 19.1 Å². The van der Waals surface area contributed by atoms with E-state index in [4.69, 9.17) is 10.2 Å². The van der Waals surface area contributed by atoms with E-state index >= 15 is 0 Å². The number of anilines is 2. The molecule has 1 amide bonds. The van der Waals surface area contributed by atoms with Crippen molar-refractivity contribution in [1.29, 1.82) is 0 Å². The van der Waals surface area contributed by atoms with Crippen molar-refractivity contribution >= 4 is 17.3 Å². The number of nitrogens with one attached hydrogen (secondary N) is 1. The molecule has 0 radical (unpaired) electrons. The number of rotatable bonds is 2. The van der Waals surface area contributed by atoms with E-state index in [0.717, 1.165) is 5.56 Å². The van der Waals surface area contributed by atoms with Crippen molar-refractivity contribution < 1.29 is 9.21 Å². The second-order valence-corrected chi connectivity index (χ2v) is 3.94. The van der Waals surface area contributed by atoms with Crippen molar-refractivity contribution in [1.82, 2.24) is 0 Å². The Hall–Kier alpha value is -2.23. The third-order valence-electron chi connectivity index (χ3n) is 2.54. The average molecular weight is 230 g/mol. The zero-order valence-corrected chi connectivity index (χ0v) is 9.78. The Labute approximate surface area is 99.4 Å². The zero-order valence-electron chi connectivity index (χ0n) is 9.78. The van der Waals surface area contributed by atoms with Gasteiger partial charge >= 0.3 is 0 Å². The van der Waals surface area contributed by atoms with Gasteiger partial charge in [-0.05, 0) is 31.5 Å². The normalized spacial score (nSPS) is 10.2. The number of aryl methyl sites for hydroxylation is 2. The molecule has 0 saturated carbocycles. The van der Waals surface area contributed by atoms with Crippen LogP contribution in [-0.2, 0) is 0 Å². The third kappa shape index (κ3) is 2.30. The monoisotopic (exact) mass is 230 g/mol. The molecule has 0 unspecified atom stereocenters. The molecule has 4 heteroatoms. The number of furan rings is 1. The molecule has 0 aliphatic heterocycles. The van der Waals surface area contributed by atoms with E-state index in [1.54, 1.807) is 19.1 Å². The Morgan fingerprint density at radius 2 is 2.12 bits per heavy atom. The smallest absolute Gasteiger partial charge is 0.258 e. The minimum absolute atomic E-state index is 0.220. The van der Waals surface area contributed by atoms with Crippen molar-refractivity contribution in [3.05, 3.63) is 47.4 Å². The number of hydrogen-bond acceptors (Lipinski definition) is 3. The molecule has 0 saturated heterocycles. The van der Waals surface area contributed by atoms with Gasteiger partial charge in [-0.2, -0.15) is 0 Å². The highest BCUT2D eigenvalue weighted by molar-refractivity contribution is 6.06. The van der Waals surface area contributed by atoms with Crippen LogP contribution in [0.15, 0.2) is 34.9 Å².